The van der Waals surface area contributed by atoms with E-state index in [0.29, 0.717) is 12.8 Å². The van der Waals surface area contributed by atoms with Crippen molar-refractivity contribution in [3.63, 3.8) is 0 Å². The molecule has 5 nitrogen and oxygen atoms in total. The van der Waals surface area contributed by atoms with E-state index in [1.54, 1.807) is 24.3 Å². The highest BCUT2D eigenvalue weighted by molar-refractivity contribution is 7.89. The van der Waals surface area contributed by atoms with Gasteiger partial charge >= 0.3 is 5.97 Å². The summed E-state index contributed by atoms with van der Waals surface area (Å²) in [5.41, 5.74) is 2.99. The molecule has 0 aliphatic rings. The maximum atomic E-state index is 12.8. The first kappa shape index (κ1) is 22.7. The van der Waals surface area contributed by atoms with Gasteiger partial charge in [0.2, 0.25) is 10.0 Å². The zero-order valence-corrected chi connectivity index (χ0v) is 18.3. The molecular formula is C25H27NO4S. The molecule has 0 bridgehead atoms. The third kappa shape index (κ3) is 7.35. The van der Waals surface area contributed by atoms with Crippen LogP contribution in [-0.2, 0) is 32.4 Å². The Morgan fingerprint density at radius 1 is 0.871 bits per heavy atom. The number of nitrogens with one attached hydrogen (secondary N) is 1. The van der Waals surface area contributed by atoms with E-state index in [1.165, 1.54) is 0 Å². The van der Waals surface area contributed by atoms with Gasteiger partial charge in [-0.15, -0.1) is 0 Å². The van der Waals surface area contributed by atoms with Gasteiger partial charge in [-0.3, -0.25) is 4.79 Å². The Hall–Kier alpha value is -2.96. The van der Waals surface area contributed by atoms with Gasteiger partial charge in [-0.2, -0.15) is 0 Å². The van der Waals surface area contributed by atoms with Gasteiger partial charge in [0.05, 0.1) is 10.9 Å². The second kappa shape index (κ2) is 10.9. The zero-order valence-electron chi connectivity index (χ0n) is 17.5. The van der Waals surface area contributed by atoms with Gasteiger partial charge in [-0.25, -0.2) is 13.1 Å². The number of aryl methyl sites for hydroxylation is 2. The molecule has 0 aromatic heterocycles. The molecule has 1 atom stereocenters. The van der Waals surface area contributed by atoms with Crippen LogP contribution in [-0.4, -0.2) is 27.0 Å². The number of carbonyl (C=O) groups excluding carboxylic acids is 1. The molecule has 0 amide bonds. The Morgan fingerprint density at radius 3 is 2.06 bits per heavy atom. The average molecular weight is 438 g/mol. The molecule has 0 radical (unpaired) electrons. The number of ether oxygens (including phenoxy) is 1. The third-order valence-electron chi connectivity index (χ3n) is 4.88. The van der Waals surface area contributed by atoms with E-state index >= 15 is 0 Å². The van der Waals surface area contributed by atoms with Crippen molar-refractivity contribution in [1.29, 1.82) is 0 Å². The number of hydrogen-bond acceptors (Lipinski definition) is 4. The first-order valence-electron chi connectivity index (χ1n) is 10.2. The summed E-state index contributed by atoms with van der Waals surface area (Å²) in [5, 5.41) is 0. The minimum atomic E-state index is -3.74. The predicted molar refractivity (Wildman–Crippen MR) is 121 cm³/mol. The van der Waals surface area contributed by atoms with Crippen LogP contribution in [0.5, 0.6) is 0 Å². The Balaban J connectivity index is 1.64. The molecule has 3 aromatic carbocycles. The lowest BCUT2D eigenvalue weighted by molar-refractivity contribution is -0.144. The normalized spacial score (nSPS) is 12.3. The van der Waals surface area contributed by atoms with Crippen LogP contribution in [0.15, 0.2) is 89.8 Å². The molecule has 0 aliphatic carbocycles. The first-order chi connectivity index (χ1) is 14.9. The van der Waals surface area contributed by atoms with Crippen molar-refractivity contribution in [1.82, 2.24) is 4.72 Å². The highest BCUT2D eigenvalue weighted by atomic mass is 32.2. The monoisotopic (exact) mass is 437 g/mol. The van der Waals surface area contributed by atoms with Crippen molar-refractivity contribution in [3.05, 3.63) is 102 Å². The van der Waals surface area contributed by atoms with Gasteiger partial charge in [0.25, 0.3) is 0 Å². The first-order valence-corrected chi connectivity index (χ1v) is 11.7. The second-order valence-corrected chi connectivity index (χ2v) is 9.20. The number of esters is 1. The van der Waals surface area contributed by atoms with Crippen LogP contribution in [0.25, 0.3) is 0 Å². The molecule has 1 N–H and O–H groups in total. The van der Waals surface area contributed by atoms with Crippen LogP contribution in [0.3, 0.4) is 0 Å². The third-order valence-corrected chi connectivity index (χ3v) is 6.42. The van der Waals surface area contributed by atoms with E-state index in [4.69, 9.17) is 4.74 Å². The summed E-state index contributed by atoms with van der Waals surface area (Å²) >= 11 is 0. The summed E-state index contributed by atoms with van der Waals surface area (Å²) in [6.07, 6.45) is 1.24. The molecular weight excluding hydrogens is 410 g/mol. The van der Waals surface area contributed by atoms with Crippen LogP contribution in [0.1, 0.15) is 23.1 Å². The van der Waals surface area contributed by atoms with Crippen molar-refractivity contribution in [2.45, 2.75) is 37.1 Å². The molecule has 0 saturated heterocycles. The molecule has 0 unspecified atom stereocenters. The van der Waals surface area contributed by atoms with Gasteiger partial charge in [-0.05, 0) is 43.0 Å². The summed E-state index contributed by atoms with van der Waals surface area (Å²) in [6.45, 7) is 1.87. The SMILES string of the molecule is Cc1ccc(S(=O)(=O)N[C@H](COC(=O)CCc2ccccc2)Cc2ccccc2)cc1. The predicted octanol–water partition coefficient (Wildman–Crippen LogP) is 4.06. The van der Waals surface area contributed by atoms with Crippen molar-refractivity contribution in [2.24, 2.45) is 0 Å². The highest BCUT2D eigenvalue weighted by Crippen LogP contribution is 2.13. The quantitative estimate of drug-likeness (QED) is 0.486. The van der Waals surface area contributed by atoms with Gasteiger partial charge in [0, 0.05) is 6.42 Å². The Bertz CT molecular complexity index is 1070. The van der Waals surface area contributed by atoms with Crippen LogP contribution >= 0.6 is 0 Å². The van der Waals surface area contributed by atoms with Crippen molar-refractivity contribution in [3.8, 4) is 0 Å². The summed E-state index contributed by atoms with van der Waals surface area (Å²) < 4.78 is 33.8. The van der Waals surface area contributed by atoms with Crippen LogP contribution < -0.4 is 4.72 Å². The van der Waals surface area contributed by atoms with Crippen molar-refractivity contribution < 1.29 is 17.9 Å². The molecule has 0 spiro atoms. The molecule has 0 saturated carbocycles. The lowest BCUT2D eigenvalue weighted by atomic mass is 10.1. The van der Waals surface area contributed by atoms with E-state index in [9.17, 15) is 13.2 Å². The molecule has 0 heterocycles. The van der Waals surface area contributed by atoms with Gasteiger partial charge < -0.3 is 4.74 Å². The molecule has 0 aliphatic heterocycles. The van der Waals surface area contributed by atoms with Gasteiger partial charge in [0.1, 0.15) is 6.61 Å². The fourth-order valence-corrected chi connectivity index (χ4v) is 4.42. The molecule has 3 aromatic rings. The van der Waals surface area contributed by atoms with Crippen molar-refractivity contribution in [2.75, 3.05) is 6.61 Å². The number of rotatable bonds is 10. The topological polar surface area (TPSA) is 72.5 Å². The minimum absolute atomic E-state index is 0.0341. The van der Waals surface area contributed by atoms with Gasteiger partial charge in [0.15, 0.2) is 0 Å². The lowest BCUT2D eigenvalue weighted by Gasteiger charge is -2.19. The minimum Gasteiger partial charge on any atom is -0.464 e. The van der Waals surface area contributed by atoms with Crippen LogP contribution in [0.4, 0.5) is 0 Å². The smallest absolute Gasteiger partial charge is 0.306 e. The lowest BCUT2D eigenvalue weighted by Crippen LogP contribution is -2.40. The van der Waals surface area contributed by atoms with Crippen LogP contribution in [0.2, 0.25) is 0 Å². The fourth-order valence-electron chi connectivity index (χ4n) is 3.19. The summed E-state index contributed by atoms with van der Waals surface area (Å²) in [6, 6.07) is 25.3. The standard InChI is InChI=1S/C25H27NO4S/c1-20-12-15-24(16-13-20)31(28,29)26-23(18-22-10-6-3-7-11-22)19-30-25(27)17-14-21-8-4-2-5-9-21/h2-13,15-16,23,26H,14,17-19H2,1H3/t23-/m0/s1. The van der Waals surface area contributed by atoms with Crippen molar-refractivity contribution >= 4 is 16.0 Å². The average Bonchev–Trinajstić information content (AvgIpc) is 2.77. The number of sulfonamides is 1. The van der Waals surface area contributed by atoms with E-state index in [0.717, 1.165) is 16.7 Å². The van der Waals surface area contributed by atoms with E-state index in [1.807, 2.05) is 67.6 Å². The molecule has 162 valence electrons. The maximum Gasteiger partial charge on any atom is 0.306 e. The van der Waals surface area contributed by atoms with E-state index in [-0.39, 0.29) is 23.9 Å². The largest absolute Gasteiger partial charge is 0.464 e. The molecule has 3 rings (SSSR count). The molecule has 0 fully saturated rings. The zero-order chi connectivity index (χ0) is 22.1. The second-order valence-electron chi connectivity index (χ2n) is 7.49. The number of benzene rings is 3. The molecule has 6 heteroatoms. The number of hydrogen-bond donors (Lipinski definition) is 1. The van der Waals surface area contributed by atoms with Gasteiger partial charge in [-0.1, -0.05) is 78.4 Å². The van der Waals surface area contributed by atoms with Crippen LogP contribution in [0, 0.1) is 6.92 Å². The van der Waals surface area contributed by atoms with E-state index in [2.05, 4.69) is 4.72 Å². The number of carbonyl (C=O) groups is 1. The Morgan fingerprint density at radius 2 is 1.45 bits per heavy atom. The molecule has 31 heavy (non-hydrogen) atoms. The fraction of sp³-hybridized carbons (Fsp3) is 0.240. The van der Waals surface area contributed by atoms with E-state index < -0.39 is 16.1 Å². The summed E-state index contributed by atoms with van der Waals surface area (Å²) in [5.74, 6) is -0.351. The summed E-state index contributed by atoms with van der Waals surface area (Å²) in [4.78, 5) is 12.4. The summed E-state index contributed by atoms with van der Waals surface area (Å²) in [7, 11) is -3.74. The highest BCUT2D eigenvalue weighted by Gasteiger charge is 2.22. The maximum absolute atomic E-state index is 12.8. The Labute approximate surface area is 184 Å². The Kier molecular flexibility index (Phi) is 7.98.